The number of imidazole rings is 1. The summed E-state index contributed by atoms with van der Waals surface area (Å²) in [6.45, 7) is 8.26. The van der Waals surface area contributed by atoms with Gasteiger partial charge in [0.25, 0.3) is 0 Å². The minimum atomic E-state index is -0.540. The van der Waals surface area contributed by atoms with Crippen LogP contribution in [-0.4, -0.2) is 32.8 Å². The molecule has 2 aromatic heterocycles. The van der Waals surface area contributed by atoms with Crippen LogP contribution in [0.1, 0.15) is 52.1 Å². The largest absolute Gasteiger partial charge is 0.480 e. The number of benzene rings is 1. The molecule has 0 amide bonds. The second kappa shape index (κ2) is 7.71. The zero-order chi connectivity index (χ0) is 22.4. The molecular weight excluding hydrogens is 400 g/mol. The summed E-state index contributed by atoms with van der Waals surface area (Å²) in [4.78, 5) is 9.14. The van der Waals surface area contributed by atoms with Crippen molar-refractivity contribution in [3.63, 3.8) is 0 Å². The zero-order valence-corrected chi connectivity index (χ0v) is 18.4. The molecule has 0 spiro atoms. The molecule has 3 aromatic rings. The molecule has 5 nitrogen and oxygen atoms in total. The van der Waals surface area contributed by atoms with E-state index in [1.807, 2.05) is 6.07 Å². The molecule has 0 unspecified atom stereocenters. The third-order valence-corrected chi connectivity index (χ3v) is 5.54. The van der Waals surface area contributed by atoms with Gasteiger partial charge in [-0.1, -0.05) is 0 Å². The summed E-state index contributed by atoms with van der Waals surface area (Å²) in [7, 11) is 1.52. The van der Waals surface area contributed by atoms with E-state index in [4.69, 9.17) is 14.5 Å². The lowest BCUT2D eigenvalue weighted by Gasteiger charge is -2.45. The quantitative estimate of drug-likeness (QED) is 0.538. The van der Waals surface area contributed by atoms with Gasteiger partial charge in [-0.15, -0.1) is 0 Å². The zero-order valence-electron chi connectivity index (χ0n) is 18.4. The molecule has 7 heteroatoms. The summed E-state index contributed by atoms with van der Waals surface area (Å²) in [6.07, 6.45) is 4.94. The molecule has 1 aliphatic heterocycles. The number of rotatable bonds is 4. The summed E-state index contributed by atoms with van der Waals surface area (Å²) in [6, 6.07) is 6.97. The van der Waals surface area contributed by atoms with E-state index in [9.17, 15) is 8.78 Å². The van der Waals surface area contributed by atoms with Crippen molar-refractivity contribution < 1.29 is 18.3 Å². The van der Waals surface area contributed by atoms with Crippen LogP contribution in [0.15, 0.2) is 42.7 Å². The molecule has 1 saturated heterocycles. The van der Waals surface area contributed by atoms with Crippen LogP contribution in [0.5, 0.6) is 5.88 Å². The van der Waals surface area contributed by atoms with Crippen LogP contribution in [-0.2, 0) is 4.74 Å². The minimum Gasteiger partial charge on any atom is -0.480 e. The van der Waals surface area contributed by atoms with E-state index in [-0.39, 0.29) is 22.8 Å². The maximum absolute atomic E-state index is 14.7. The normalized spacial score (nSPS) is 18.2. The van der Waals surface area contributed by atoms with Crippen molar-refractivity contribution in [1.29, 1.82) is 0 Å². The number of aromatic nitrogens is 3. The van der Waals surface area contributed by atoms with E-state index >= 15 is 0 Å². The van der Waals surface area contributed by atoms with Crippen LogP contribution >= 0.6 is 0 Å². The first-order chi connectivity index (χ1) is 14.6. The van der Waals surface area contributed by atoms with Gasteiger partial charge in [0.15, 0.2) is 0 Å². The van der Waals surface area contributed by atoms with Crippen molar-refractivity contribution in [2.45, 2.75) is 57.7 Å². The molecule has 0 bridgehead atoms. The number of halogens is 2. The standard InChI is InChI=1S/C24H27F2N3O2/c1-23(2)12-15(13-24(3,4)31-23)19-14-29(20-11-16(25)8-9-18(20)26)21(28-19)17-7-6-10-27-22(17)30-5/h6-11,14-15H,12-13H2,1-5H3. The molecule has 1 fully saturated rings. The van der Waals surface area contributed by atoms with Gasteiger partial charge in [-0.3, -0.25) is 4.57 Å². The monoisotopic (exact) mass is 427 g/mol. The lowest BCUT2D eigenvalue weighted by atomic mass is 9.79. The van der Waals surface area contributed by atoms with Gasteiger partial charge >= 0.3 is 0 Å². The fourth-order valence-corrected chi connectivity index (χ4v) is 4.66. The van der Waals surface area contributed by atoms with Crippen molar-refractivity contribution in [2.75, 3.05) is 7.11 Å². The second-order valence-electron chi connectivity index (χ2n) is 9.24. The molecule has 0 N–H and O–H groups in total. The Balaban J connectivity index is 1.90. The van der Waals surface area contributed by atoms with Crippen molar-refractivity contribution in [3.05, 3.63) is 60.1 Å². The van der Waals surface area contributed by atoms with E-state index in [0.29, 0.717) is 17.3 Å². The highest BCUT2D eigenvalue weighted by Gasteiger charge is 2.41. The number of ether oxygens (including phenoxy) is 2. The molecule has 31 heavy (non-hydrogen) atoms. The van der Waals surface area contributed by atoms with Gasteiger partial charge in [0, 0.05) is 24.4 Å². The van der Waals surface area contributed by atoms with E-state index in [1.54, 1.807) is 23.0 Å². The molecule has 1 aromatic carbocycles. The van der Waals surface area contributed by atoms with Gasteiger partial charge in [0.2, 0.25) is 5.88 Å². The van der Waals surface area contributed by atoms with E-state index in [0.717, 1.165) is 30.7 Å². The molecule has 0 aliphatic carbocycles. The van der Waals surface area contributed by atoms with Crippen LogP contribution < -0.4 is 4.74 Å². The third kappa shape index (κ3) is 4.32. The lowest BCUT2D eigenvalue weighted by Crippen LogP contribution is -2.44. The predicted molar refractivity (Wildman–Crippen MR) is 114 cm³/mol. The number of nitrogens with zero attached hydrogens (tertiary/aromatic N) is 3. The first-order valence-corrected chi connectivity index (χ1v) is 10.3. The summed E-state index contributed by atoms with van der Waals surface area (Å²) in [5.74, 6) is -0.152. The summed E-state index contributed by atoms with van der Waals surface area (Å²) >= 11 is 0. The number of pyridine rings is 1. The average molecular weight is 427 g/mol. The summed E-state index contributed by atoms with van der Waals surface area (Å²) in [5.41, 5.74) is 0.837. The average Bonchev–Trinajstić information content (AvgIpc) is 3.12. The molecule has 0 saturated carbocycles. The molecule has 164 valence electrons. The molecule has 1 aliphatic rings. The van der Waals surface area contributed by atoms with Crippen LogP contribution in [0, 0.1) is 11.6 Å². The lowest BCUT2D eigenvalue weighted by molar-refractivity contribution is -0.162. The highest BCUT2D eigenvalue weighted by Crippen LogP contribution is 2.44. The van der Waals surface area contributed by atoms with Gasteiger partial charge < -0.3 is 9.47 Å². The Bertz CT molecular complexity index is 1090. The Kier molecular flexibility index (Phi) is 5.33. The van der Waals surface area contributed by atoms with Gasteiger partial charge in [0.1, 0.15) is 17.5 Å². The fourth-order valence-electron chi connectivity index (χ4n) is 4.66. The Morgan fingerprint density at radius 2 is 1.81 bits per heavy atom. The highest BCUT2D eigenvalue weighted by molar-refractivity contribution is 5.65. The van der Waals surface area contributed by atoms with Crippen LogP contribution in [0.2, 0.25) is 0 Å². The van der Waals surface area contributed by atoms with Crippen molar-refractivity contribution >= 4 is 0 Å². The summed E-state index contributed by atoms with van der Waals surface area (Å²) < 4.78 is 42.0. The van der Waals surface area contributed by atoms with Crippen LogP contribution in [0.3, 0.4) is 0 Å². The van der Waals surface area contributed by atoms with Crippen molar-refractivity contribution in [3.8, 4) is 23.0 Å². The molecular formula is C24H27F2N3O2. The van der Waals surface area contributed by atoms with Crippen molar-refractivity contribution in [2.24, 2.45) is 0 Å². The fraction of sp³-hybridized carbons (Fsp3) is 0.417. The van der Waals surface area contributed by atoms with Gasteiger partial charge in [-0.05, 0) is 64.8 Å². The highest BCUT2D eigenvalue weighted by atomic mass is 19.1. The van der Waals surface area contributed by atoms with E-state index in [1.165, 1.54) is 13.2 Å². The minimum absolute atomic E-state index is 0.0882. The van der Waals surface area contributed by atoms with Gasteiger partial charge in [-0.25, -0.2) is 18.7 Å². The Morgan fingerprint density at radius 3 is 2.48 bits per heavy atom. The Morgan fingerprint density at radius 1 is 1.10 bits per heavy atom. The first kappa shape index (κ1) is 21.4. The van der Waals surface area contributed by atoms with E-state index < -0.39 is 11.6 Å². The van der Waals surface area contributed by atoms with Crippen molar-refractivity contribution in [1.82, 2.24) is 14.5 Å². The van der Waals surface area contributed by atoms with Crippen LogP contribution in [0.25, 0.3) is 17.1 Å². The summed E-state index contributed by atoms with van der Waals surface area (Å²) in [5, 5.41) is 0. The number of methoxy groups -OCH3 is 1. The topological polar surface area (TPSA) is 49.2 Å². The molecule has 3 heterocycles. The number of hydrogen-bond acceptors (Lipinski definition) is 4. The third-order valence-electron chi connectivity index (χ3n) is 5.54. The Hall–Kier alpha value is -2.80. The second-order valence-corrected chi connectivity index (χ2v) is 9.24. The van der Waals surface area contributed by atoms with Gasteiger partial charge in [-0.2, -0.15) is 0 Å². The van der Waals surface area contributed by atoms with E-state index in [2.05, 4.69) is 32.7 Å². The SMILES string of the molecule is COc1ncccc1-c1nc(C2CC(C)(C)OC(C)(C)C2)cn1-c1cc(F)ccc1F. The van der Waals surface area contributed by atoms with Gasteiger partial charge in [0.05, 0.1) is 35.3 Å². The smallest absolute Gasteiger partial charge is 0.224 e. The Labute approximate surface area is 181 Å². The number of hydrogen-bond donors (Lipinski definition) is 0. The predicted octanol–water partition coefficient (Wildman–Crippen LogP) is 5.67. The molecule has 0 atom stereocenters. The first-order valence-electron chi connectivity index (χ1n) is 10.3. The maximum atomic E-state index is 14.7. The maximum Gasteiger partial charge on any atom is 0.224 e. The molecule has 0 radical (unpaired) electrons. The molecule has 4 rings (SSSR count). The van der Waals surface area contributed by atoms with Crippen LogP contribution in [0.4, 0.5) is 8.78 Å².